The maximum absolute atomic E-state index is 13.5. The van der Waals surface area contributed by atoms with Gasteiger partial charge in [0.15, 0.2) is 0 Å². The van der Waals surface area contributed by atoms with E-state index in [9.17, 15) is 9.50 Å². The maximum Gasteiger partial charge on any atom is 0.127 e. The number of hydrogen-bond acceptors (Lipinski definition) is 3. The van der Waals surface area contributed by atoms with Crippen LogP contribution < -0.4 is 5.32 Å². The average Bonchev–Trinajstić information content (AvgIpc) is 2.28. The summed E-state index contributed by atoms with van der Waals surface area (Å²) in [4.78, 5) is 0. The minimum absolute atomic E-state index is 0.296. The van der Waals surface area contributed by atoms with Crippen LogP contribution in [0.3, 0.4) is 0 Å². The predicted octanol–water partition coefficient (Wildman–Crippen LogP) is 1.73. The van der Waals surface area contributed by atoms with Crippen LogP contribution in [0, 0.1) is 5.82 Å². The van der Waals surface area contributed by atoms with E-state index in [1.165, 1.54) is 6.07 Å². The zero-order valence-corrected chi connectivity index (χ0v) is 11.3. The lowest BCUT2D eigenvalue weighted by Crippen LogP contribution is -2.30. The van der Waals surface area contributed by atoms with Crippen molar-refractivity contribution in [3.63, 3.8) is 0 Å². The first-order valence-electron chi connectivity index (χ1n) is 5.45. The van der Waals surface area contributed by atoms with E-state index >= 15 is 0 Å². The van der Waals surface area contributed by atoms with Crippen molar-refractivity contribution in [3.05, 3.63) is 34.1 Å². The lowest BCUT2D eigenvalue weighted by molar-refractivity contribution is 0.159. The Morgan fingerprint density at radius 2 is 2.29 bits per heavy atom. The van der Waals surface area contributed by atoms with E-state index in [0.29, 0.717) is 36.2 Å². The van der Waals surface area contributed by atoms with Crippen molar-refractivity contribution in [2.45, 2.75) is 12.5 Å². The first-order chi connectivity index (χ1) is 8.13. The van der Waals surface area contributed by atoms with Crippen LogP contribution in [0.15, 0.2) is 22.7 Å². The van der Waals surface area contributed by atoms with Crippen molar-refractivity contribution >= 4 is 15.9 Å². The Bertz CT molecular complexity index is 349. The molecule has 0 bridgehead atoms. The number of nitrogens with one attached hydrogen (secondary N) is 1. The summed E-state index contributed by atoms with van der Waals surface area (Å²) in [5, 5.41) is 12.7. The molecule has 1 atom stereocenters. The summed E-state index contributed by atoms with van der Waals surface area (Å²) in [5.74, 6) is -0.296. The lowest BCUT2D eigenvalue weighted by Gasteiger charge is -2.12. The molecule has 1 rings (SSSR count). The highest BCUT2D eigenvalue weighted by Gasteiger charge is 2.09. The summed E-state index contributed by atoms with van der Waals surface area (Å²) in [7, 11) is 1.62. The van der Waals surface area contributed by atoms with Crippen molar-refractivity contribution in [1.82, 2.24) is 5.32 Å². The van der Waals surface area contributed by atoms with Gasteiger partial charge in [-0.2, -0.15) is 0 Å². The standard InChI is InChI=1S/C12H17BrFNO2/c1-17-5-4-15-8-11(16)6-9-2-3-10(13)7-12(9)14/h2-3,7,11,15-16H,4-6,8H2,1H3. The highest BCUT2D eigenvalue weighted by molar-refractivity contribution is 9.10. The lowest BCUT2D eigenvalue weighted by atomic mass is 10.1. The van der Waals surface area contributed by atoms with Gasteiger partial charge < -0.3 is 15.2 Å². The summed E-state index contributed by atoms with van der Waals surface area (Å²) >= 11 is 3.19. The molecule has 0 saturated heterocycles. The second kappa shape index (κ2) is 7.76. The van der Waals surface area contributed by atoms with Gasteiger partial charge in [-0.1, -0.05) is 22.0 Å². The van der Waals surface area contributed by atoms with E-state index in [1.54, 1.807) is 19.2 Å². The number of rotatable bonds is 7. The molecule has 96 valence electrons. The molecule has 0 heterocycles. The Labute approximate surface area is 109 Å². The van der Waals surface area contributed by atoms with E-state index < -0.39 is 6.10 Å². The number of methoxy groups -OCH3 is 1. The average molecular weight is 306 g/mol. The second-order valence-corrected chi connectivity index (χ2v) is 4.71. The van der Waals surface area contributed by atoms with Crippen LogP contribution in [-0.2, 0) is 11.2 Å². The fraction of sp³-hybridized carbons (Fsp3) is 0.500. The van der Waals surface area contributed by atoms with Crippen LogP contribution in [0.25, 0.3) is 0 Å². The van der Waals surface area contributed by atoms with Gasteiger partial charge in [0, 0.05) is 31.1 Å². The smallest absolute Gasteiger partial charge is 0.127 e. The Morgan fingerprint density at radius 1 is 1.53 bits per heavy atom. The topological polar surface area (TPSA) is 41.5 Å². The molecule has 0 spiro atoms. The van der Waals surface area contributed by atoms with Gasteiger partial charge in [0.1, 0.15) is 5.82 Å². The molecule has 0 fully saturated rings. The highest BCUT2D eigenvalue weighted by atomic mass is 79.9. The fourth-order valence-electron chi connectivity index (χ4n) is 1.46. The third-order valence-corrected chi connectivity index (χ3v) is 2.83. The van der Waals surface area contributed by atoms with Gasteiger partial charge in [-0.3, -0.25) is 0 Å². The molecule has 2 N–H and O–H groups in total. The molecular weight excluding hydrogens is 289 g/mol. The quantitative estimate of drug-likeness (QED) is 0.754. The number of ether oxygens (including phenoxy) is 1. The summed E-state index contributed by atoms with van der Waals surface area (Å²) in [6, 6.07) is 4.85. The van der Waals surface area contributed by atoms with E-state index in [0.717, 1.165) is 0 Å². The molecule has 0 saturated carbocycles. The minimum Gasteiger partial charge on any atom is -0.391 e. The summed E-state index contributed by atoms with van der Waals surface area (Å²) in [6.07, 6.45) is -0.290. The van der Waals surface area contributed by atoms with Crippen molar-refractivity contribution in [3.8, 4) is 0 Å². The predicted molar refractivity (Wildman–Crippen MR) is 68.6 cm³/mol. The molecule has 5 heteroatoms. The van der Waals surface area contributed by atoms with Gasteiger partial charge in [-0.25, -0.2) is 4.39 Å². The SMILES string of the molecule is COCCNCC(O)Cc1ccc(Br)cc1F. The van der Waals surface area contributed by atoms with E-state index in [2.05, 4.69) is 21.2 Å². The molecule has 3 nitrogen and oxygen atoms in total. The van der Waals surface area contributed by atoms with Crippen LogP contribution in [0.4, 0.5) is 4.39 Å². The van der Waals surface area contributed by atoms with Crippen LogP contribution in [0.1, 0.15) is 5.56 Å². The number of halogens is 2. The second-order valence-electron chi connectivity index (χ2n) is 3.79. The molecule has 0 amide bonds. The van der Waals surface area contributed by atoms with Crippen LogP contribution in [0.2, 0.25) is 0 Å². The van der Waals surface area contributed by atoms with Gasteiger partial charge in [-0.15, -0.1) is 0 Å². The number of aliphatic hydroxyl groups is 1. The first-order valence-corrected chi connectivity index (χ1v) is 6.24. The largest absolute Gasteiger partial charge is 0.391 e. The molecule has 1 aromatic carbocycles. The van der Waals surface area contributed by atoms with Crippen LogP contribution in [-0.4, -0.2) is 38.0 Å². The monoisotopic (exact) mass is 305 g/mol. The van der Waals surface area contributed by atoms with Gasteiger partial charge in [0.25, 0.3) is 0 Å². The van der Waals surface area contributed by atoms with Crippen LogP contribution >= 0.6 is 15.9 Å². The van der Waals surface area contributed by atoms with Gasteiger partial charge in [0.05, 0.1) is 12.7 Å². The molecule has 0 aliphatic rings. The van der Waals surface area contributed by atoms with Gasteiger partial charge >= 0.3 is 0 Å². The Kier molecular flexibility index (Phi) is 6.65. The van der Waals surface area contributed by atoms with E-state index in [4.69, 9.17) is 4.74 Å². The molecule has 1 unspecified atom stereocenters. The molecule has 1 aromatic rings. The van der Waals surface area contributed by atoms with Crippen LogP contribution in [0.5, 0.6) is 0 Å². The van der Waals surface area contributed by atoms with Gasteiger partial charge in [-0.05, 0) is 17.7 Å². The zero-order valence-electron chi connectivity index (χ0n) is 9.75. The first kappa shape index (κ1) is 14.6. The summed E-state index contributed by atoms with van der Waals surface area (Å²) in [5.41, 5.74) is 0.522. The van der Waals surface area contributed by atoms with Gasteiger partial charge in [0.2, 0.25) is 0 Å². The number of hydrogen-bond donors (Lipinski definition) is 2. The van der Waals surface area contributed by atoms with Crippen molar-refractivity contribution < 1.29 is 14.2 Å². The summed E-state index contributed by atoms with van der Waals surface area (Å²) < 4.78 is 19.0. The Balaban J connectivity index is 2.37. The van der Waals surface area contributed by atoms with E-state index in [1.807, 2.05) is 0 Å². The number of benzene rings is 1. The van der Waals surface area contributed by atoms with E-state index in [-0.39, 0.29) is 5.82 Å². The normalized spacial score (nSPS) is 12.7. The Hall–Kier alpha value is -0.490. The third-order valence-electron chi connectivity index (χ3n) is 2.33. The zero-order chi connectivity index (χ0) is 12.7. The van der Waals surface area contributed by atoms with Crippen molar-refractivity contribution in [1.29, 1.82) is 0 Å². The maximum atomic E-state index is 13.5. The molecule has 0 aromatic heterocycles. The highest BCUT2D eigenvalue weighted by Crippen LogP contribution is 2.16. The number of aliphatic hydroxyl groups excluding tert-OH is 1. The minimum atomic E-state index is -0.595. The molecule has 17 heavy (non-hydrogen) atoms. The van der Waals surface area contributed by atoms with Crippen molar-refractivity contribution in [2.75, 3.05) is 26.8 Å². The molecular formula is C12H17BrFNO2. The molecule has 0 aliphatic heterocycles. The van der Waals surface area contributed by atoms with Crippen molar-refractivity contribution in [2.24, 2.45) is 0 Å². The summed E-state index contributed by atoms with van der Waals surface area (Å²) in [6.45, 7) is 1.70. The third kappa shape index (κ3) is 5.59. The fourth-order valence-corrected chi connectivity index (χ4v) is 1.79. The molecule has 0 radical (unpaired) electrons. The molecule has 0 aliphatic carbocycles. The Morgan fingerprint density at radius 3 is 2.94 bits per heavy atom.